The maximum Gasteiger partial charge on any atom is 0.321 e. The molecule has 150 valence electrons. The largest absolute Gasteiger partial charge is 0.342 e. The van der Waals surface area contributed by atoms with Crippen LogP contribution in [0.25, 0.3) is 0 Å². The monoisotopic (exact) mass is 398 g/mol. The van der Waals surface area contributed by atoms with E-state index >= 15 is 0 Å². The number of nitrogens with one attached hydrogen (secondary N) is 1. The Kier molecular flexibility index (Phi) is 7.06. The highest BCUT2D eigenvalue weighted by molar-refractivity contribution is 5.90. The molecule has 0 bridgehead atoms. The summed E-state index contributed by atoms with van der Waals surface area (Å²) in [6, 6.07) is 5.72. The molecule has 2 atom stereocenters. The van der Waals surface area contributed by atoms with E-state index in [4.69, 9.17) is 5.73 Å². The molecule has 8 heteroatoms. The molecule has 1 aromatic rings. The second kappa shape index (κ2) is 8.89. The molecule has 1 aromatic carbocycles. The number of para-hydroxylation sites is 1. The van der Waals surface area contributed by atoms with Crippen LogP contribution in [-0.2, 0) is 4.79 Å². The maximum absolute atomic E-state index is 13.7. The molecule has 2 saturated heterocycles. The van der Waals surface area contributed by atoms with Crippen molar-refractivity contribution < 1.29 is 14.0 Å². The Morgan fingerprint density at radius 2 is 2.04 bits per heavy atom. The molecule has 2 unspecified atom stereocenters. The van der Waals surface area contributed by atoms with E-state index < -0.39 is 5.82 Å². The third-order valence-electron chi connectivity index (χ3n) is 5.54. The van der Waals surface area contributed by atoms with Crippen LogP contribution in [0.5, 0.6) is 0 Å². The first-order chi connectivity index (χ1) is 12.4. The molecular weight excluding hydrogens is 371 g/mol. The molecule has 2 aliphatic heterocycles. The molecule has 0 spiro atoms. The molecule has 2 fully saturated rings. The summed E-state index contributed by atoms with van der Waals surface area (Å²) in [6.45, 7) is 5.03. The van der Waals surface area contributed by atoms with Gasteiger partial charge in [-0.15, -0.1) is 12.4 Å². The summed E-state index contributed by atoms with van der Waals surface area (Å²) in [6.07, 6.45) is 2.46. The number of hydrogen-bond acceptors (Lipinski definition) is 3. The van der Waals surface area contributed by atoms with Gasteiger partial charge in [0.2, 0.25) is 5.91 Å². The number of likely N-dealkylation sites (tertiary alicyclic amines) is 2. The van der Waals surface area contributed by atoms with Gasteiger partial charge >= 0.3 is 6.03 Å². The van der Waals surface area contributed by atoms with Crippen molar-refractivity contribution in [1.29, 1.82) is 0 Å². The fourth-order valence-electron chi connectivity index (χ4n) is 3.76. The lowest BCUT2D eigenvalue weighted by Crippen LogP contribution is -2.48. The Balaban J connectivity index is 0.00000261. The van der Waals surface area contributed by atoms with Gasteiger partial charge in [-0.2, -0.15) is 0 Å². The normalized spacial score (nSPS) is 25.1. The van der Waals surface area contributed by atoms with Gasteiger partial charge in [0.15, 0.2) is 0 Å². The number of piperidine rings is 1. The van der Waals surface area contributed by atoms with Crippen molar-refractivity contribution in [2.24, 2.45) is 17.1 Å². The van der Waals surface area contributed by atoms with Crippen molar-refractivity contribution >= 4 is 30.0 Å². The van der Waals surface area contributed by atoms with Gasteiger partial charge in [-0.05, 0) is 43.4 Å². The van der Waals surface area contributed by atoms with Crippen LogP contribution in [0.2, 0.25) is 0 Å². The molecule has 0 aliphatic carbocycles. The predicted molar refractivity (Wildman–Crippen MR) is 105 cm³/mol. The summed E-state index contributed by atoms with van der Waals surface area (Å²) < 4.78 is 13.7. The van der Waals surface area contributed by atoms with E-state index in [1.807, 2.05) is 4.90 Å². The quantitative estimate of drug-likeness (QED) is 0.821. The predicted octanol–water partition coefficient (Wildman–Crippen LogP) is 2.69. The number of benzene rings is 1. The number of halogens is 2. The van der Waals surface area contributed by atoms with Crippen LogP contribution in [0.1, 0.15) is 26.2 Å². The molecule has 3 rings (SSSR count). The van der Waals surface area contributed by atoms with Crippen LogP contribution in [0.3, 0.4) is 0 Å². The number of rotatable bonds is 3. The SMILES string of the molecule is CC1(CN)CCN(C(=O)C2CCCN(C(=O)Nc3ccccc3F)C2)C1.Cl. The van der Waals surface area contributed by atoms with Crippen molar-refractivity contribution in [2.45, 2.75) is 26.2 Å². The minimum atomic E-state index is -0.469. The third kappa shape index (κ3) is 4.90. The van der Waals surface area contributed by atoms with E-state index in [0.717, 1.165) is 25.8 Å². The minimum absolute atomic E-state index is 0. The van der Waals surface area contributed by atoms with E-state index in [2.05, 4.69) is 12.2 Å². The number of anilines is 1. The molecule has 0 aromatic heterocycles. The minimum Gasteiger partial charge on any atom is -0.342 e. The Morgan fingerprint density at radius 3 is 2.70 bits per heavy atom. The number of nitrogens with zero attached hydrogens (tertiary/aromatic N) is 2. The number of urea groups is 1. The molecule has 27 heavy (non-hydrogen) atoms. The van der Waals surface area contributed by atoms with Gasteiger partial charge in [-0.25, -0.2) is 9.18 Å². The fraction of sp³-hybridized carbons (Fsp3) is 0.579. The molecule has 6 nitrogen and oxygen atoms in total. The Morgan fingerprint density at radius 1 is 1.30 bits per heavy atom. The van der Waals surface area contributed by atoms with Gasteiger partial charge in [0, 0.05) is 26.2 Å². The van der Waals surface area contributed by atoms with Crippen LogP contribution in [0, 0.1) is 17.2 Å². The van der Waals surface area contributed by atoms with Crippen LogP contribution in [-0.4, -0.2) is 54.5 Å². The highest BCUT2D eigenvalue weighted by atomic mass is 35.5. The van der Waals surface area contributed by atoms with E-state index in [9.17, 15) is 14.0 Å². The third-order valence-corrected chi connectivity index (χ3v) is 5.54. The lowest BCUT2D eigenvalue weighted by Gasteiger charge is -2.34. The molecule has 3 N–H and O–H groups in total. The van der Waals surface area contributed by atoms with Crippen molar-refractivity contribution in [1.82, 2.24) is 9.80 Å². The van der Waals surface area contributed by atoms with Gasteiger partial charge in [0.1, 0.15) is 5.82 Å². The fourth-order valence-corrected chi connectivity index (χ4v) is 3.76. The highest BCUT2D eigenvalue weighted by Crippen LogP contribution is 2.31. The number of carbonyl (C=O) groups excluding carboxylic acids is 2. The average molecular weight is 399 g/mol. The van der Waals surface area contributed by atoms with E-state index in [0.29, 0.717) is 26.2 Å². The summed E-state index contributed by atoms with van der Waals surface area (Å²) in [4.78, 5) is 28.8. The lowest BCUT2D eigenvalue weighted by atomic mass is 9.90. The van der Waals surface area contributed by atoms with Gasteiger partial charge < -0.3 is 20.9 Å². The zero-order chi connectivity index (χ0) is 18.7. The summed E-state index contributed by atoms with van der Waals surface area (Å²) >= 11 is 0. The Hall–Kier alpha value is -1.86. The van der Waals surface area contributed by atoms with Gasteiger partial charge in [0.05, 0.1) is 11.6 Å². The summed E-state index contributed by atoms with van der Waals surface area (Å²) in [5.74, 6) is -0.565. The zero-order valence-electron chi connectivity index (χ0n) is 15.6. The topological polar surface area (TPSA) is 78.7 Å². The second-order valence-electron chi connectivity index (χ2n) is 7.72. The van der Waals surface area contributed by atoms with Crippen molar-refractivity contribution in [3.05, 3.63) is 30.1 Å². The van der Waals surface area contributed by atoms with Crippen molar-refractivity contribution in [3.8, 4) is 0 Å². The van der Waals surface area contributed by atoms with Crippen LogP contribution in [0.15, 0.2) is 24.3 Å². The number of hydrogen-bond donors (Lipinski definition) is 2. The first-order valence-electron chi connectivity index (χ1n) is 9.21. The van der Waals surface area contributed by atoms with E-state index in [1.165, 1.54) is 12.1 Å². The highest BCUT2D eigenvalue weighted by Gasteiger charge is 2.38. The summed E-state index contributed by atoms with van der Waals surface area (Å²) in [5.41, 5.74) is 5.98. The second-order valence-corrected chi connectivity index (χ2v) is 7.72. The molecular formula is C19H28ClFN4O2. The van der Waals surface area contributed by atoms with Crippen molar-refractivity contribution in [3.63, 3.8) is 0 Å². The average Bonchev–Trinajstić information content (AvgIpc) is 3.06. The van der Waals surface area contributed by atoms with Crippen LogP contribution >= 0.6 is 12.4 Å². The zero-order valence-corrected chi connectivity index (χ0v) is 16.4. The van der Waals surface area contributed by atoms with Crippen LogP contribution < -0.4 is 11.1 Å². The number of nitrogens with two attached hydrogens (primary N) is 1. The molecule has 0 saturated carbocycles. The molecule has 2 heterocycles. The van der Waals surface area contributed by atoms with Gasteiger partial charge in [-0.3, -0.25) is 4.79 Å². The smallest absolute Gasteiger partial charge is 0.321 e. The van der Waals surface area contributed by atoms with E-state index in [-0.39, 0.29) is 41.4 Å². The summed E-state index contributed by atoms with van der Waals surface area (Å²) in [5, 5.41) is 2.60. The van der Waals surface area contributed by atoms with Crippen molar-refractivity contribution in [2.75, 3.05) is 38.0 Å². The first kappa shape index (κ1) is 21.4. The standard InChI is InChI=1S/C19H27FN4O2.ClH/c1-19(12-21)8-10-24(13-19)17(25)14-5-4-9-23(11-14)18(26)22-16-7-3-2-6-15(16)20;/h2-3,6-7,14H,4-5,8-13,21H2,1H3,(H,22,26);1H. The van der Waals surface area contributed by atoms with Gasteiger partial charge in [-0.1, -0.05) is 19.1 Å². The molecule has 3 amide bonds. The lowest BCUT2D eigenvalue weighted by molar-refractivity contribution is -0.136. The summed E-state index contributed by atoms with van der Waals surface area (Å²) in [7, 11) is 0. The van der Waals surface area contributed by atoms with E-state index in [1.54, 1.807) is 17.0 Å². The Labute approximate surface area is 165 Å². The Bertz CT molecular complexity index is 689. The maximum atomic E-state index is 13.7. The number of amides is 3. The molecule has 0 radical (unpaired) electrons. The number of carbonyl (C=O) groups is 2. The van der Waals surface area contributed by atoms with Gasteiger partial charge in [0.25, 0.3) is 0 Å². The molecule has 2 aliphatic rings. The van der Waals surface area contributed by atoms with Crippen LogP contribution in [0.4, 0.5) is 14.9 Å². The first-order valence-corrected chi connectivity index (χ1v) is 9.21.